The van der Waals surface area contributed by atoms with E-state index in [2.05, 4.69) is 30.3 Å². The van der Waals surface area contributed by atoms with Crippen molar-refractivity contribution < 1.29 is 14.3 Å². The van der Waals surface area contributed by atoms with Crippen molar-refractivity contribution in [3.63, 3.8) is 0 Å². The van der Waals surface area contributed by atoms with Crippen LogP contribution < -0.4 is 10.2 Å². The number of ether oxygens (including phenoxy) is 1. The molecule has 160 valence electrons. The summed E-state index contributed by atoms with van der Waals surface area (Å²) in [6.45, 7) is 8.02. The van der Waals surface area contributed by atoms with Crippen LogP contribution in [0.25, 0.3) is 34.1 Å². The molecule has 1 aromatic carbocycles. The molecule has 0 aliphatic heterocycles. The Hall–Kier alpha value is -3.74. The fourth-order valence-electron chi connectivity index (χ4n) is 3.36. The fourth-order valence-corrected chi connectivity index (χ4v) is 3.36. The van der Waals surface area contributed by atoms with Crippen molar-refractivity contribution in [3.8, 4) is 45.6 Å². The van der Waals surface area contributed by atoms with Gasteiger partial charge in [-0.15, -0.1) is 0 Å². The maximum Gasteiger partial charge on any atom is 0.227 e. The van der Waals surface area contributed by atoms with Crippen LogP contribution in [0.1, 0.15) is 26.5 Å². The molecule has 0 radical (unpaired) electrons. The maximum atomic E-state index is 12.2. The molecule has 0 spiro atoms. The van der Waals surface area contributed by atoms with Crippen LogP contribution in [0.5, 0.6) is 11.5 Å². The minimum atomic E-state index is -0.505. The van der Waals surface area contributed by atoms with Gasteiger partial charge in [-0.25, -0.2) is 4.98 Å². The zero-order valence-electron chi connectivity index (χ0n) is 18.2. The van der Waals surface area contributed by atoms with Crippen LogP contribution in [0.2, 0.25) is 0 Å². The first-order valence-corrected chi connectivity index (χ1v) is 9.94. The van der Waals surface area contributed by atoms with Gasteiger partial charge in [0.1, 0.15) is 28.7 Å². The van der Waals surface area contributed by atoms with E-state index in [9.17, 15) is 9.90 Å². The average molecular weight is 419 g/mol. The summed E-state index contributed by atoms with van der Waals surface area (Å²) in [4.78, 5) is 20.2. The number of hydrogen-bond acceptors (Lipinski definition) is 5. The third-order valence-electron chi connectivity index (χ3n) is 5.08. The van der Waals surface area contributed by atoms with Crippen LogP contribution in [0.4, 0.5) is 0 Å². The lowest BCUT2D eigenvalue weighted by molar-refractivity contribution is 0.398. The molecule has 0 amide bonds. The van der Waals surface area contributed by atoms with Crippen LogP contribution in [0.3, 0.4) is 0 Å². The molecule has 0 bridgehead atoms. The zero-order valence-corrected chi connectivity index (χ0v) is 18.2. The Morgan fingerprint density at radius 1 is 1.13 bits per heavy atom. The molecule has 2 N–H and O–H groups in total. The zero-order chi connectivity index (χ0) is 22.3. The van der Waals surface area contributed by atoms with Crippen LogP contribution in [0, 0.1) is 6.92 Å². The summed E-state index contributed by atoms with van der Waals surface area (Å²) in [6, 6.07) is 10.6. The van der Waals surface area contributed by atoms with Gasteiger partial charge < -0.3 is 23.8 Å². The Balaban J connectivity index is 1.92. The standard InChI is InChI=1S/C24H25N3O4/c1-14-12-18(28)21(29)22(31-14)20-19(15-6-8-17(30-5)9-7-15)25-23(26-20)16-10-11-27(13-16)24(2,3)4/h6-13,29H,1-5H3,(H,25,26). The Kier molecular flexibility index (Phi) is 4.97. The van der Waals surface area contributed by atoms with Gasteiger partial charge in [-0.05, 0) is 58.0 Å². The summed E-state index contributed by atoms with van der Waals surface area (Å²) >= 11 is 0. The predicted molar refractivity (Wildman–Crippen MR) is 119 cm³/mol. The molecule has 0 fully saturated rings. The number of aromatic nitrogens is 3. The van der Waals surface area contributed by atoms with Crippen molar-refractivity contribution in [2.75, 3.05) is 7.11 Å². The number of aromatic amines is 1. The first kappa shape index (κ1) is 20.5. The minimum Gasteiger partial charge on any atom is -0.501 e. The third kappa shape index (κ3) is 3.86. The SMILES string of the molecule is COc1ccc(-c2nc(-c3ccn(C(C)(C)C)c3)[nH]c2-c2oc(C)cc(=O)c2O)cc1. The van der Waals surface area contributed by atoms with Crippen LogP contribution >= 0.6 is 0 Å². The molecule has 4 rings (SSSR count). The monoisotopic (exact) mass is 419 g/mol. The molecule has 0 saturated carbocycles. The van der Waals surface area contributed by atoms with Crippen molar-refractivity contribution in [2.45, 2.75) is 33.2 Å². The Bertz CT molecular complexity index is 1290. The second kappa shape index (κ2) is 7.50. The van der Waals surface area contributed by atoms with E-state index < -0.39 is 11.2 Å². The molecule has 7 nitrogen and oxygen atoms in total. The summed E-state index contributed by atoms with van der Waals surface area (Å²) in [7, 11) is 1.60. The van der Waals surface area contributed by atoms with E-state index in [0.717, 1.165) is 11.1 Å². The lowest BCUT2D eigenvalue weighted by atomic mass is 10.1. The van der Waals surface area contributed by atoms with E-state index in [1.165, 1.54) is 6.07 Å². The maximum absolute atomic E-state index is 12.2. The highest BCUT2D eigenvalue weighted by Crippen LogP contribution is 2.37. The molecule has 0 aliphatic rings. The smallest absolute Gasteiger partial charge is 0.227 e. The fraction of sp³-hybridized carbons (Fsp3) is 0.250. The number of rotatable bonds is 4. The molecule has 0 unspecified atom stereocenters. The number of H-pyrrole nitrogens is 1. The van der Waals surface area contributed by atoms with Gasteiger partial charge in [0.15, 0.2) is 5.76 Å². The quantitative estimate of drug-likeness (QED) is 0.489. The molecule has 3 aromatic heterocycles. The third-order valence-corrected chi connectivity index (χ3v) is 5.08. The molecule has 0 atom stereocenters. The van der Waals surface area contributed by atoms with Crippen LogP contribution in [-0.4, -0.2) is 26.8 Å². The van der Waals surface area contributed by atoms with Gasteiger partial charge in [0, 0.05) is 35.1 Å². The topological polar surface area (TPSA) is 93.3 Å². The summed E-state index contributed by atoms with van der Waals surface area (Å²) in [5.74, 6) is 1.32. The summed E-state index contributed by atoms with van der Waals surface area (Å²) in [5, 5.41) is 10.4. The van der Waals surface area contributed by atoms with E-state index in [0.29, 0.717) is 28.7 Å². The number of nitrogens with zero attached hydrogens (tertiary/aromatic N) is 2. The number of nitrogens with one attached hydrogen (secondary N) is 1. The van der Waals surface area contributed by atoms with E-state index in [-0.39, 0.29) is 11.3 Å². The molecule has 4 aromatic rings. The summed E-state index contributed by atoms with van der Waals surface area (Å²) < 4.78 is 13.1. The second-order valence-corrected chi connectivity index (χ2v) is 8.41. The normalized spacial score (nSPS) is 11.6. The van der Waals surface area contributed by atoms with E-state index in [1.807, 2.05) is 42.7 Å². The number of aromatic hydroxyl groups is 1. The van der Waals surface area contributed by atoms with Gasteiger partial charge in [0.05, 0.1) is 7.11 Å². The van der Waals surface area contributed by atoms with Gasteiger partial charge >= 0.3 is 0 Å². The Morgan fingerprint density at radius 3 is 2.45 bits per heavy atom. The van der Waals surface area contributed by atoms with Crippen LogP contribution in [-0.2, 0) is 5.54 Å². The van der Waals surface area contributed by atoms with Crippen molar-refractivity contribution >= 4 is 0 Å². The van der Waals surface area contributed by atoms with Crippen molar-refractivity contribution in [2.24, 2.45) is 0 Å². The Labute approximate surface area is 180 Å². The predicted octanol–water partition coefficient (Wildman–Crippen LogP) is 4.94. The van der Waals surface area contributed by atoms with E-state index in [4.69, 9.17) is 14.1 Å². The minimum absolute atomic E-state index is 0.0600. The largest absolute Gasteiger partial charge is 0.501 e. The highest BCUT2D eigenvalue weighted by molar-refractivity contribution is 5.81. The number of aryl methyl sites for hydroxylation is 1. The number of hydrogen-bond donors (Lipinski definition) is 2. The summed E-state index contributed by atoms with van der Waals surface area (Å²) in [6.07, 6.45) is 4.00. The van der Waals surface area contributed by atoms with Gasteiger partial charge in [-0.3, -0.25) is 4.79 Å². The summed E-state index contributed by atoms with van der Waals surface area (Å²) in [5.41, 5.74) is 2.08. The Morgan fingerprint density at radius 2 is 1.84 bits per heavy atom. The molecular weight excluding hydrogens is 394 g/mol. The molecule has 0 aliphatic carbocycles. The number of benzene rings is 1. The molecule has 31 heavy (non-hydrogen) atoms. The number of imidazole rings is 1. The van der Waals surface area contributed by atoms with Crippen molar-refractivity contribution in [1.29, 1.82) is 0 Å². The van der Waals surface area contributed by atoms with E-state index in [1.54, 1.807) is 14.0 Å². The van der Waals surface area contributed by atoms with Gasteiger partial charge in [0.2, 0.25) is 11.2 Å². The van der Waals surface area contributed by atoms with Crippen molar-refractivity contribution in [3.05, 3.63) is 64.8 Å². The van der Waals surface area contributed by atoms with Gasteiger partial charge in [-0.2, -0.15) is 0 Å². The second-order valence-electron chi connectivity index (χ2n) is 8.41. The lowest BCUT2D eigenvalue weighted by Gasteiger charge is -2.20. The first-order chi connectivity index (χ1) is 14.7. The highest BCUT2D eigenvalue weighted by atomic mass is 16.5. The number of methoxy groups -OCH3 is 1. The van der Waals surface area contributed by atoms with Gasteiger partial charge in [0.25, 0.3) is 0 Å². The highest BCUT2D eigenvalue weighted by Gasteiger charge is 2.23. The lowest BCUT2D eigenvalue weighted by Crippen LogP contribution is -2.19. The molecule has 0 saturated heterocycles. The first-order valence-electron chi connectivity index (χ1n) is 9.94. The van der Waals surface area contributed by atoms with Gasteiger partial charge in [-0.1, -0.05) is 0 Å². The molecule has 3 heterocycles. The average Bonchev–Trinajstić information content (AvgIpc) is 3.38. The van der Waals surface area contributed by atoms with Crippen LogP contribution in [0.15, 0.2) is 58.0 Å². The van der Waals surface area contributed by atoms with Crippen molar-refractivity contribution in [1.82, 2.24) is 14.5 Å². The molecular formula is C24H25N3O4. The van der Waals surface area contributed by atoms with E-state index >= 15 is 0 Å². The molecule has 7 heteroatoms.